The van der Waals surface area contributed by atoms with Crippen LogP contribution in [0, 0.1) is 0 Å². The van der Waals surface area contributed by atoms with Crippen LogP contribution in [0.4, 0.5) is 5.69 Å². The van der Waals surface area contributed by atoms with Gasteiger partial charge in [-0.3, -0.25) is 0 Å². The molecule has 4 rings (SSSR count). The number of aromatic hydroxyl groups is 1. The van der Waals surface area contributed by atoms with Crippen molar-refractivity contribution in [3.05, 3.63) is 90.5 Å². The van der Waals surface area contributed by atoms with Gasteiger partial charge in [0.05, 0.1) is 6.61 Å². The van der Waals surface area contributed by atoms with Gasteiger partial charge in [-0.2, -0.15) is 0 Å². The van der Waals surface area contributed by atoms with Gasteiger partial charge in [0, 0.05) is 28.7 Å². The summed E-state index contributed by atoms with van der Waals surface area (Å²) in [7, 11) is 0. The van der Waals surface area contributed by atoms with E-state index in [1.54, 1.807) is 24.3 Å². The number of ether oxygens (including phenoxy) is 1. The Kier molecular flexibility index (Phi) is 9.42. The quantitative estimate of drug-likeness (QED) is 0.360. The van der Waals surface area contributed by atoms with Crippen LogP contribution < -0.4 is 5.32 Å². The van der Waals surface area contributed by atoms with Gasteiger partial charge in [-0.15, -0.1) is 0 Å². The Hall–Kier alpha value is -2.47. The van der Waals surface area contributed by atoms with Crippen molar-refractivity contribution in [2.45, 2.75) is 30.9 Å². The lowest BCUT2D eigenvalue weighted by atomic mass is 10.1. The summed E-state index contributed by atoms with van der Waals surface area (Å²) in [5, 5.41) is 12.0. The Balaban J connectivity index is 0.000000161. The van der Waals surface area contributed by atoms with E-state index >= 15 is 0 Å². The largest absolute Gasteiger partial charge is 0.508 e. The van der Waals surface area contributed by atoms with Crippen LogP contribution in [-0.4, -0.2) is 22.3 Å². The Morgan fingerprint density at radius 1 is 0.929 bits per heavy atom. The fourth-order valence-corrected chi connectivity index (χ4v) is 2.59. The molecule has 0 radical (unpaired) electrons. The molecule has 4 nitrogen and oxygen atoms in total. The monoisotopic (exact) mass is 397 g/mol. The lowest BCUT2D eigenvalue weighted by molar-refractivity contribution is 0.415. The van der Waals surface area contributed by atoms with Gasteiger partial charge in [-0.1, -0.05) is 48.5 Å². The minimum Gasteiger partial charge on any atom is -0.508 e. The molecular formula is C23H27NO3S. The number of hydrogen-bond donors (Lipinski definition) is 3. The third-order valence-corrected chi connectivity index (χ3v) is 4.13. The molecule has 148 valence electrons. The third-order valence-electron chi connectivity index (χ3n) is 3.65. The average Bonchev–Trinajstić information content (AvgIpc) is 3.55. The molecule has 1 heterocycles. The molecule has 3 aromatic carbocycles. The van der Waals surface area contributed by atoms with Crippen LogP contribution in [0.2, 0.25) is 0 Å². The van der Waals surface area contributed by atoms with Crippen LogP contribution in [-0.2, 0) is 4.74 Å². The number of anilines is 1. The Morgan fingerprint density at radius 2 is 1.54 bits per heavy atom. The summed E-state index contributed by atoms with van der Waals surface area (Å²) in [4.78, 5) is 0.882. The lowest BCUT2D eigenvalue weighted by Gasteiger charge is -2.10. The Labute approximate surface area is 171 Å². The number of phenols is 1. The molecule has 1 unspecified atom stereocenters. The first kappa shape index (κ1) is 21.8. The van der Waals surface area contributed by atoms with Gasteiger partial charge in [0.1, 0.15) is 11.9 Å². The number of phenolic OH excluding ortho intramolecular Hbond substituents is 1. The maximum absolute atomic E-state index is 8.63. The molecule has 3 N–H and O–H groups in total. The highest BCUT2D eigenvalue weighted by atomic mass is 32.2. The number of epoxide rings is 1. The molecular weight excluding hydrogens is 370 g/mol. The van der Waals surface area contributed by atoms with E-state index < -0.39 is 0 Å². The third kappa shape index (κ3) is 8.95. The molecule has 0 aromatic heterocycles. The van der Waals surface area contributed by atoms with Crippen LogP contribution in [0.5, 0.6) is 5.75 Å². The minimum atomic E-state index is 0.322. The van der Waals surface area contributed by atoms with E-state index in [-0.39, 0.29) is 0 Å². The van der Waals surface area contributed by atoms with Crippen molar-refractivity contribution in [1.29, 1.82) is 0 Å². The van der Waals surface area contributed by atoms with Gasteiger partial charge in [0.15, 0.2) is 0 Å². The molecule has 3 aromatic rings. The molecule has 0 bridgehead atoms. The van der Waals surface area contributed by atoms with Crippen molar-refractivity contribution in [2.24, 2.45) is 0 Å². The molecule has 0 aliphatic carbocycles. The van der Waals surface area contributed by atoms with E-state index in [2.05, 4.69) is 43.4 Å². The highest BCUT2D eigenvalue weighted by Crippen LogP contribution is 2.31. The second-order valence-corrected chi connectivity index (χ2v) is 7.14. The first-order valence-electron chi connectivity index (χ1n) is 9.17. The number of para-hydroxylation sites is 1. The summed E-state index contributed by atoms with van der Waals surface area (Å²) in [5.74, 6) is 0.322. The molecule has 5 heteroatoms. The first-order chi connectivity index (χ1) is 13.6. The van der Waals surface area contributed by atoms with E-state index in [0.29, 0.717) is 17.9 Å². The zero-order valence-electron chi connectivity index (χ0n) is 16.2. The smallest absolute Gasteiger partial charge is 0.115 e. The normalized spacial score (nSPS) is 14.2. The summed E-state index contributed by atoms with van der Waals surface area (Å²) >= 11 is 0.769. The predicted octanol–water partition coefficient (Wildman–Crippen LogP) is 6.22. The topological polar surface area (TPSA) is 65.0 Å². The van der Waals surface area contributed by atoms with E-state index in [4.69, 9.17) is 14.4 Å². The van der Waals surface area contributed by atoms with Gasteiger partial charge in [-0.05, 0) is 55.8 Å². The second-order valence-electron chi connectivity index (χ2n) is 6.49. The fraction of sp³-hybridized carbons (Fsp3) is 0.217. The van der Waals surface area contributed by atoms with Crippen molar-refractivity contribution in [3.63, 3.8) is 0 Å². The second kappa shape index (κ2) is 12.1. The van der Waals surface area contributed by atoms with E-state index in [1.165, 1.54) is 11.3 Å². The summed E-state index contributed by atoms with van der Waals surface area (Å²) in [6.45, 7) is 5.16. The van der Waals surface area contributed by atoms with Crippen molar-refractivity contribution in [2.75, 3.05) is 11.9 Å². The van der Waals surface area contributed by atoms with Crippen molar-refractivity contribution < 1.29 is 14.4 Å². The van der Waals surface area contributed by atoms with Crippen LogP contribution in [0.1, 0.15) is 25.5 Å². The summed E-state index contributed by atoms with van der Waals surface area (Å²) in [6.07, 6.45) is 0.355. The maximum atomic E-state index is 8.63. The molecule has 1 aliphatic heterocycles. The van der Waals surface area contributed by atoms with Crippen LogP contribution in [0.3, 0.4) is 0 Å². The van der Waals surface area contributed by atoms with Gasteiger partial charge in [-0.25, -0.2) is 0 Å². The molecule has 0 amide bonds. The number of hydrogen-bond acceptors (Lipinski definition) is 5. The molecule has 0 saturated carbocycles. The van der Waals surface area contributed by atoms with Crippen molar-refractivity contribution in [1.82, 2.24) is 0 Å². The summed E-state index contributed by atoms with van der Waals surface area (Å²) in [5.41, 5.74) is 2.47. The summed E-state index contributed by atoms with van der Waals surface area (Å²) < 4.78 is 13.7. The van der Waals surface area contributed by atoms with Crippen LogP contribution in [0.25, 0.3) is 0 Å². The first-order valence-corrected chi connectivity index (χ1v) is 9.94. The molecule has 1 fully saturated rings. The Bertz CT molecular complexity index is 793. The molecule has 28 heavy (non-hydrogen) atoms. The summed E-state index contributed by atoms with van der Waals surface area (Å²) in [6, 6.07) is 27.0. The van der Waals surface area contributed by atoms with Crippen molar-refractivity contribution >= 4 is 17.7 Å². The Morgan fingerprint density at radius 3 is 1.96 bits per heavy atom. The standard InChI is InChI=1S/C11H15NO.C6H6OS.C6H6O/c1-8(2)12-10-5-3-4-9(6-10)11-7-13-11;7-8-6-4-2-1-3-5-6;7-6-4-2-1-3-5-6/h3-6,8,11-12H,7H2,1-2H3;1-5,7H;1-5,7H. The predicted molar refractivity (Wildman–Crippen MR) is 117 cm³/mol. The number of rotatable bonds is 4. The van der Waals surface area contributed by atoms with Gasteiger partial charge in [0.25, 0.3) is 0 Å². The average molecular weight is 398 g/mol. The highest BCUT2D eigenvalue weighted by Gasteiger charge is 2.24. The molecule has 1 saturated heterocycles. The highest BCUT2D eigenvalue weighted by molar-refractivity contribution is 7.93. The zero-order valence-corrected chi connectivity index (χ0v) is 17.0. The minimum absolute atomic E-state index is 0.322. The molecule has 0 spiro atoms. The van der Waals surface area contributed by atoms with E-state index in [0.717, 1.165) is 23.5 Å². The maximum Gasteiger partial charge on any atom is 0.115 e. The fourth-order valence-electron chi connectivity index (χ4n) is 2.31. The lowest BCUT2D eigenvalue weighted by Crippen LogP contribution is -2.09. The van der Waals surface area contributed by atoms with Crippen LogP contribution >= 0.6 is 12.0 Å². The molecule has 1 atom stereocenters. The van der Waals surface area contributed by atoms with Gasteiger partial charge in [0.2, 0.25) is 0 Å². The number of nitrogens with one attached hydrogen (secondary N) is 1. The van der Waals surface area contributed by atoms with Gasteiger partial charge >= 0.3 is 0 Å². The van der Waals surface area contributed by atoms with E-state index in [1.807, 2.05) is 36.4 Å². The van der Waals surface area contributed by atoms with Crippen LogP contribution in [0.15, 0.2) is 89.8 Å². The molecule has 1 aliphatic rings. The SMILES string of the molecule is CC(C)Nc1cccc(C2CO2)c1.OSc1ccccc1.Oc1ccccc1. The van der Waals surface area contributed by atoms with Gasteiger partial charge < -0.3 is 19.7 Å². The van der Waals surface area contributed by atoms with E-state index in [9.17, 15) is 0 Å². The zero-order chi connectivity index (χ0) is 20.2. The number of benzene rings is 3. The van der Waals surface area contributed by atoms with Crippen molar-refractivity contribution in [3.8, 4) is 5.75 Å².